The first-order valence-electron chi connectivity index (χ1n) is 25.0. The molecule has 0 amide bonds. The Morgan fingerprint density at radius 2 is 0.646 bits per heavy atom. The molecule has 0 aromatic rings. The summed E-state index contributed by atoms with van der Waals surface area (Å²) >= 11 is 0. The number of rotatable bonds is 42. The van der Waals surface area contributed by atoms with Crippen molar-refractivity contribution in [3.63, 3.8) is 0 Å². The quantitative estimate of drug-likeness (QED) is 0.0263. The van der Waals surface area contributed by atoms with Gasteiger partial charge >= 0.3 is 17.9 Å². The second kappa shape index (κ2) is 51.7. The number of esters is 3. The van der Waals surface area contributed by atoms with Crippen LogP contribution >= 0.6 is 0 Å². The highest BCUT2D eigenvalue weighted by atomic mass is 16.6. The van der Waals surface area contributed by atoms with E-state index in [1.54, 1.807) is 6.08 Å². The SMILES string of the molecule is CC/C=C\C/C=C\C/C=C\C/C=C\C/C=C\C/C=C\C/C=C\C/C=C\CCCCC(=O)OCC(COC(=O)CCCCCCC)OC(=O)C/C=C\C/C=C\C/C=C\C/C=C\C/C=C\CC. The smallest absolute Gasteiger partial charge is 0.310 e. The zero-order valence-electron chi connectivity index (χ0n) is 40.9. The number of unbranched alkanes of at least 4 members (excludes halogenated alkanes) is 6. The van der Waals surface area contributed by atoms with Gasteiger partial charge in [-0.25, -0.2) is 0 Å². The maximum absolute atomic E-state index is 12.6. The molecule has 6 heteroatoms. The highest BCUT2D eigenvalue weighted by Crippen LogP contribution is 2.09. The minimum absolute atomic E-state index is 0.0795. The Kier molecular flexibility index (Phi) is 47.7. The molecule has 0 aliphatic carbocycles. The molecule has 0 aliphatic rings. The van der Waals surface area contributed by atoms with E-state index >= 15 is 0 Å². The van der Waals surface area contributed by atoms with Crippen molar-refractivity contribution in [3.8, 4) is 0 Å². The minimum atomic E-state index is -0.853. The van der Waals surface area contributed by atoms with Crippen molar-refractivity contribution in [2.24, 2.45) is 0 Å². The largest absolute Gasteiger partial charge is 0.462 e. The molecular formula is C59H88O6. The standard InChI is InChI=1S/C59H88O6/c1-4-7-10-13-15-17-19-21-23-24-25-26-27-28-29-30-31-32-33-34-36-37-39-41-43-46-49-52-58(61)64-55-56(54-63-57(60)51-48-45-12-9-6-3)65-59(62)53-50-47-44-42-40-38-35-22-20-18-16-14-11-8-5-2/h7-8,10-11,15-18,21-23,25-26,28-29,31-32,34-36,39-42,47,50,56H,4-6,9,12-14,19-20,24,27,30,33,37-38,43-46,48-49,51-55H2,1-3H3/b10-7-,11-8-,17-15-,18-16-,23-21-,26-25-,29-28-,32-31-,35-22-,36-34-,41-39-,42-40-,50-47-. The first kappa shape index (κ1) is 60.0. The Labute approximate surface area is 397 Å². The van der Waals surface area contributed by atoms with Crippen LogP contribution in [0.15, 0.2) is 158 Å². The lowest BCUT2D eigenvalue weighted by Crippen LogP contribution is -2.30. The maximum Gasteiger partial charge on any atom is 0.310 e. The van der Waals surface area contributed by atoms with Crippen molar-refractivity contribution < 1.29 is 28.6 Å². The van der Waals surface area contributed by atoms with Crippen molar-refractivity contribution in [1.82, 2.24) is 0 Å². The van der Waals surface area contributed by atoms with Gasteiger partial charge in [0.2, 0.25) is 0 Å². The van der Waals surface area contributed by atoms with E-state index in [0.717, 1.165) is 122 Å². The summed E-state index contributed by atoms with van der Waals surface area (Å²) < 4.78 is 16.5. The van der Waals surface area contributed by atoms with Gasteiger partial charge in [-0.15, -0.1) is 0 Å². The molecule has 0 radical (unpaired) electrons. The number of hydrogen-bond donors (Lipinski definition) is 0. The van der Waals surface area contributed by atoms with Crippen LogP contribution in [0.25, 0.3) is 0 Å². The third-order valence-corrected chi connectivity index (χ3v) is 9.56. The van der Waals surface area contributed by atoms with Crippen LogP contribution in [0.1, 0.15) is 175 Å². The molecule has 1 unspecified atom stereocenters. The fourth-order valence-electron chi connectivity index (χ4n) is 5.88. The Morgan fingerprint density at radius 1 is 0.338 bits per heavy atom. The third-order valence-electron chi connectivity index (χ3n) is 9.56. The lowest BCUT2D eigenvalue weighted by molar-refractivity contribution is -0.166. The molecule has 0 saturated carbocycles. The molecular weight excluding hydrogens is 805 g/mol. The zero-order chi connectivity index (χ0) is 47.2. The lowest BCUT2D eigenvalue weighted by Gasteiger charge is -2.18. The van der Waals surface area contributed by atoms with Gasteiger partial charge < -0.3 is 14.2 Å². The summed E-state index contributed by atoms with van der Waals surface area (Å²) in [5.74, 6) is -1.15. The molecule has 0 aromatic carbocycles. The summed E-state index contributed by atoms with van der Waals surface area (Å²) in [6.45, 7) is 6.15. The lowest BCUT2D eigenvalue weighted by atomic mass is 10.1. The van der Waals surface area contributed by atoms with Gasteiger partial charge in [0.05, 0.1) is 6.42 Å². The minimum Gasteiger partial charge on any atom is -0.462 e. The summed E-state index contributed by atoms with van der Waals surface area (Å²) in [5.41, 5.74) is 0. The molecule has 0 fully saturated rings. The second-order valence-corrected chi connectivity index (χ2v) is 15.6. The molecule has 6 nitrogen and oxygen atoms in total. The molecule has 0 spiro atoms. The maximum atomic E-state index is 12.6. The second-order valence-electron chi connectivity index (χ2n) is 15.6. The summed E-state index contributed by atoms with van der Waals surface area (Å²) in [5, 5.41) is 0. The Bertz CT molecular complexity index is 1540. The van der Waals surface area contributed by atoms with E-state index in [4.69, 9.17) is 14.2 Å². The number of carbonyl (C=O) groups excluding carboxylic acids is 3. The topological polar surface area (TPSA) is 78.9 Å². The van der Waals surface area contributed by atoms with Gasteiger partial charge in [-0.05, 0) is 109 Å². The molecule has 1 atom stereocenters. The van der Waals surface area contributed by atoms with Crippen molar-refractivity contribution in [3.05, 3.63) is 158 Å². The predicted molar refractivity (Wildman–Crippen MR) is 278 cm³/mol. The van der Waals surface area contributed by atoms with E-state index in [1.165, 1.54) is 0 Å². The number of carbonyl (C=O) groups is 3. The van der Waals surface area contributed by atoms with Crippen LogP contribution < -0.4 is 0 Å². The molecule has 0 aromatic heterocycles. The summed E-state index contributed by atoms with van der Waals surface area (Å²) in [6, 6.07) is 0. The average molecular weight is 893 g/mol. The van der Waals surface area contributed by atoms with Gasteiger partial charge in [0.25, 0.3) is 0 Å². The number of hydrogen-bond acceptors (Lipinski definition) is 6. The molecule has 360 valence electrons. The van der Waals surface area contributed by atoms with E-state index < -0.39 is 12.1 Å². The van der Waals surface area contributed by atoms with Gasteiger partial charge in [-0.2, -0.15) is 0 Å². The number of ether oxygens (including phenoxy) is 3. The first-order valence-corrected chi connectivity index (χ1v) is 25.0. The molecule has 0 heterocycles. The fraction of sp³-hybridized carbons (Fsp3) is 0.508. The van der Waals surface area contributed by atoms with E-state index in [9.17, 15) is 14.4 Å². The van der Waals surface area contributed by atoms with Crippen LogP contribution in [-0.4, -0.2) is 37.2 Å². The summed E-state index contributed by atoms with van der Waals surface area (Å²) in [7, 11) is 0. The highest BCUT2D eigenvalue weighted by molar-refractivity contribution is 5.72. The van der Waals surface area contributed by atoms with Gasteiger partial charge in [0.1, 0.15) is 13.2 Å². The Balaban J connectivity index is 4.37. The molecule has 0 aliphatic heterocycles. The highest BCUT2D eigenvalue weighted by Gasteiger charge is 2.19. The van der Waals surface area contributed by atoms with E-state index in [1.807, 2.05) is 6.08 Å². The summed E-state index contributed by atoms with van der Waals surface area (Å²) in [4.78, 5) is 37.5. The van der Waals surface area contributed by atoms with E-state index in [-0.39, 0.29) is 38.0 Å². The molecule has 0 N–H and O–H groups in total. The normalized spacial score (nSPS) is 13.5. The fourth-order valence-corrected chi connectivity index (χ4v) is 5.88. The average Bonchev–Trinajstić information content (AvgIpc) is 3.30. The monoisotopic (exact) mass is 893 g/mol. The van der Waals surface area contributed by atoms with E-state index in [0.29, 0.717) is 19.3 Å². The Morgan fingerprint density at radius 3 is 1.00 bits per heavy atom. The predicted octanol–water partition coefficient (Wildman–Crippen LogP) is 16.6. The van der Waals surface area contributed by atoms with Crippen molar-refractivity contribution >= 4 is 17.9 Å². The van der Waals surface area contributed by atoms with Crippen LogP contribution in [0.3, 0.4) is 0 Å². The van der Waals surface area contributed by atoms with Gasteiger partial charge in [0, 0.05) is 12.8 Å². The number of allylic oxidation sites excluding steroid dienone is 25. The van der Waals surface area contributed by atoms with Crippen LogP contribution in [0.5, 0.6) is 0 Å². The zero-order valence-corrected chi connectivity index (χ0v) is 40.9. The summed E-state index contributed by atoms with van der Waals surface area (Å²) in [6.07, 6.45) is 75.8. The van der Waals surface area contributed by atoms with Crippen molar-refractivity contribution in [2.45, 2.75) is 181 Å². The van der Waals surface area contributed by atoms with Gasteiger partial charge in [-0.1, -0.05) is 204 Å². The molecule has 0 bridgehead atoms. The van der Waals surface area contributed by atoms with Crippen LogP contribution in [0, 0.1) is 0 Å². The van der Waals surface area contributed by atoms with Crippen LogP contribution in [0.4, 0.5) is 0 Å². The molecule has 65 heavy (non-hydrogen) atoms. The van der Waals surface area contributed by atoms with Crippen LogP contribution in [0.2, 0.25) is 0 Å². The van der Waals surface area contributed by atoms with Crippen LogP contribution in [-0.2, 0) is 28.6 Å². The third kappa shape index (κ3) is 49.9. The van der Waals surface area contributed by atoms with Gasteiger partial charge in [0.15, 0.2) is 6.10 Å². The van der Waals surface area contributed by atoms with Crippen molar-refractivity contribution in [1.29, 1.82) is 0 Å². The van der Waals surface area contributed by atoms with Gasteiger partial charge in [-0.3, -0.25) is 14.4 Å². The molecule has 0 rings (SSSR count). The molecule has 0 saturated heterocycles. The first-order chi connectivity index (χ1) is 32.0. The Hall–Kier alpha value is -4.97. The van der Waals surface area contributed by atoms with Crippen molar-refractivity contribution in [2.75, 3.05) is 13.2 Å². The van der Waals surface area contributed by atoms with E-state index in [2.05, 4.69) is 167 Å².